The van der Waals surface area contributed by atoms with E-state index in [4.69, 9.17) is 0 Å². The molecular formula is C20H26N2O4. The zero-order valence-electron chi connectivity index (χ0n) is 15.3. The summed E-state index contributed by atoms with van der Waals surface area (Å²) < 4.78 is 0. The number of aliphatic hydroxyl groups is 2. The Bertz CT molecular complexity index is 876. The van der Waals surface area contributed by atoms with Crippen LogP contribution >= 0.6 is 0 Å². The highest BCUT2D eigenvalue weighted by atomic mass is 16.3. The largest absolute Gasteiger partial charge is 0.396 e. The number of nitrogens with zero attached hydrogens (tertiary/aromatic N) is 1. The summed E-state index contributed by atoms with van der Waals surface area (Å²) in [5.41, 5.74) is 0.986. The van der Waals surface area contributed by atoms with Gasteiger partial charge in [-0.3, -0.25) is 9.59 Å². The van der Waals surface area contributed by atoms with E-state index in [-0.39, 0.29) is 24.6 Å². The first-order valence-corrected chi connectivity index (χ1v) is 9.12. The van der Waals surface area contributed by atoms with Crippen LogP contribution in [0.4, 0.5) is 0 Å². The number of aromatic amines is 1. The first-order chi connectivity index (χ1) is 12.4. The molecule has 1 aromatic heterocycles. The number of fused-ring (bicyclic) bond motifs is 1. The molecule has 2 atom stereocenters. The quantitative estimate of drug-likeness (QED) is 0.777. The summed E-state index contributed by atoms with van der Waals surface area (Å²) >= 11 is 0. The van der Waals surface area contributed by atoms with Crippen LogP contribution in [0.25, 0.3) is 10.9 Å². The Balaban J connectivity index is 2.00. The van der Waals surface area contributed by atoms with Crippen LogP contribution in [0.1, 0.15) is 42.1 Å². The van der Waals surface area contributed by atoms with E-state index in [1.54, 1.807) is 11.0 Å². The lowest BCUT2D eigenvalue weighted by Crippen LogP contribution is -2.55. The van der Waals surface area contributed by atoms with Gasteiger partial charge in [0.2, 0.25) is 5.56 Å². The van der Waals surface area contributed by atoms with Gasteiger partial charge in [0.25, 0.3) is 5.91 Å². The standard InChI is InChI=1S/C20H26N2O4/c1-3-7-20(12-23)11-22(8-6-17(20)24)19(26)15-10-18(25)21-16-5-4-13(2)9-14(15)16/h4-5,9-10,17,23-24H,3,6-8,11-12H2,1-2H3,(H,21,25)/t17-,20+/m0/s1. The van der Waals surface area contributed by atoms with Gasteiger partial charge >= 0.3 is 0 Å². The van der Waals surface area contributed by atoms with Crippen LogP contribution in [0.15, 0.2) is 29.1 Å². The lowest BCUT2D eigenvalue weighted by atomic mass is 9.74. The number of likely N-dealkylation sites (tertiary alicyclic amines) is 1. The van der Waals surface area contributed by atoms with Crippen molar-refractivity contribution in [3.8, 4) is 0 Å². The third-order valence-electron chi connectivity index (χ3n) is 5.46. The normalized spacial score (nSPS) is 23.4. The zero-order chi connectivity index (χ0) is 18.9. The maximum atomic E-state index is 13.2. The molecule has 26 heavy (non-hydrogen) atoms. The number of rotatable bonds is 4. The van der Waals surface area contributed by atoms with Gasteiger partial charge < -0.3 is 20.1 Å². The van der Waals surface area contributed by atoms with Crippen molar-refractivity contribution in [2.45, 2.75) is 39.2 Å². The van der Waals surface area contributed by atoms with Crippen LogP contribution in [0.5, 0.6) is 0 Å². The number of carbonyl (C=O) groups is 1. The van der Waals surface area contributed by atoms with Gasteiger partial charge in [-0.15, -0.1) is 0 Å². The highest BCUT2D eigenvalue weighted by Gasteiger charge is 2.43. The number of benzene rings is 1. The number of piperidine rings is 1. The van der Waals surface area contributed by atoms with Crippen LogP contribution in [0.3, 0.4) is 0 Å². The predicted octanol–water partition coefficient (Wildman–Crippen LogP) is 1.82. The van der Waals surface area contributed by atoms with Crippen molar-refractivity contribution in [1.82, 2.24) is 9.88 Å². The molecule has 1 fully saturated rings. The average molecular weight is 358 g/mol. The Morgan fingerprint density at radius 3 is 2.85 bits per heavy atom. The average Bonchev–Trinajstić information content (AvgIpc) is 2.63. The molecular weight excluding hydrogens is 332 g/mol. The van der Waals surface area contributed by atoms with E-state index >= 15 is 0 Å². The molecule has 6 heteroatoms. The van der Waals surface area contributed by atoms with Gasteiger partial charge in [0.15, 0.2) is 0 Å². The second kappa shape index (κ2) is 7.21. The molecule has 0 unspecified atom stereocenters. The van der Waals surface area contributed by atoms with Crippen molar-refractivity contribution in [1.29, 1.82) is 0 Å². The van der Waals surface area contributed by atoms with Gasteiger partial charge in [-0.2, -0.15) is 0 Å². The molecule has 1 amide bonds. The summed E-state index contributed by atoms with van der Waals surface area (Å²) in [6.07, 6.45) is 1.25. The molecule has 1 saturated heterocycles. The smallest absolute Gasteiger partial charge is 0.254 e. The number of H-pyrrole nitrogens is 1. The van der Waals surface area contributed by atoms with Crippen LogP contribution in [0.2, 0.25) is 0 Å². The Morgan fingerprint density at radius 1 is 1.38 bits per heavy atom. The van der Waals surface area contributed by atoms with E-state index in [0.29, 0.717) is 35.9 Å². The fourth-order valence-corrected chi connectivity index (χ4v) is 4.02. The number of aryl methyl sites for hydroxylation is 1. The monoisotopic (exact) mass is 358 g/mol. The lowest BCUT2D eigenvalue weighted by Gasteiger charge is -2.45. The second-order valence-corrected chi connectivity index (χ2v) is 7.40. The van der Waals surface area contributed by atoms with Crippen LogP contribution < -0.4 is 5.56 Å². The number of aromatic nitrogens is 1. The summed E-state index contributed by atoms with van der Waals surface area (Å²) in [5, 5.41) is 21.0. The molecule has 1 aliphatic rings. The van der Waals surface area contributed by atoms with Gasteiger partial charge in [-0.1, -0.05) is 25.0 Å². The lowest BCUT2D eigenvalue weighted by molar-refractivity contribution is -0.0719. The minimum Gasteiger partial charge on any atom is -0.396 e. The first kappa shape index (κ1) is 18.6. The number of aliphatic hydroxyl groups excluding tert-OH is 2. The van der Waals surface area contributed by atoms with E-state index in [1.807, 2.05) is 26.0 Å². The molecule has 0 saturated carbocycles. The number of pyridine rings is 1. The maximum Gasteiger partial charge on any atom is 0.254 e. The van der Waals surface area contributed by atoms with E-state index in [9.17, 15) is 19.8 Å². The van der Waals surface area contributed by atoms with Gasteiger partial charge in [0.05, 0.1) is 18.3 Å². The minimum absolute atomic E-state index is 0.166. The number of hydrogen-bond acceptors (Lipinski definition) is 4. The molecule has 3 N–H and O–H groups in total. The van der Waals surface area contributed by atoms with Crippen molar-refractivity contribution in [2.75, 3.05) is 19.7 Å². The van der Waals surface area contributed by atoms with Crippen LogP contribution in [-0.4, -0.2) is 51.8 Å². The second-order valence-electron chi connectivity index (χ2n) is 7.40. The molecule has 0 bridgehead atoms. The summed E-state index contributed by atoms with van der Waals surface area (Å²) in [6.45, 7) is 4.47. The fraction of sp³-hybridized carbons (Fsp3) is 0.500. The molecule has 1 aromatic carbocycles. The minimum atomic E-state index is -0.699. The molecule has 0 spiro atoms. The van der Waals surface area contributed by atoms with Crippen LogP contribution in [0, 0.1) is 12.3 Å². The van der Waals surface area contributed by atoms with Crippen molar-refractivity contribution >= 4 is 16.8 Å². The third-order valence-corrected chi connectivity index (χ3v) is 5.46. The van der Waals surface area contributed by atoms with E-state index in [2.05, 4.69) is 4.98 Å². The Labute approximate surface area is 152 Å². The van der Waals surface area contributed by atoms with Gasteiger partial charge in [-0.05, 0) is 31.9 Å². The third kappa shape index (κ3) is 3.27. The number of amides is 1. The Hall–Kier alpha value is -2.18. The topological polar surface area (TPSA) is 93.6 Å². The highest BCUT2D eigenvalue weighted by molar-refractivity contribution is 6.06. The zero-order valence-corrected chi connectivity index (χ0v) is 15.3. The molecule has 0 radical (unpaired) electrons. The molecule has 6 nitrogen and oxygen atoms in total. The van der Waals surface area contributed by atoms with Crippen molar-refractivity contribution in [3.63, 3.8) is 0 Å². The molecule has 2 heterocycles. The van der Waals surface area contributed by atoms with Gasteiger partial charge in [0, 0.05) is 35.5 Å². The Kier molecular flexibility index (Phi) is 5.16. The summed E-state index contributed by atoms with van der Waals surface area (Å²) in [4.78, 5) is 29.6. The Morgan fingerprint density at radius 2 is 2.15 bits per heavy atom. The molecule has 0 aliphatic carbocycles. The van der Waals surface area contributed by atoms with Crippen molar-refractivity contribution < 1.29 is 15.0 Å². The van der Waals surface area contributed by atoms with E-state index in [0.717, 1.165) is 12.0 Å². The molecule has 1 aliphatic heterocycles. The van der Waals surface area contributed by atoms with Crippen molar-refractivity contribution in [2.24, 2.45) is 5.41 Å². The van der Waals surface area contributed by atoms with E-state index in [1.165, 1.54) is 6.07 Å². The van der Waals surface area contributed by atoms with Crippen LogP contribution in [-0.2, 0) is 0 Å². The molecule has 140 valence electrons. The predicted molar refractivity (Wildman–Crippen MR) is 100 cm³/mol. The SMILES string of the molecule is CCC[C@]1(CO)CN(C(=O)c2cc(=O)[nH]c3ccc(C)cc23)CC[C@@H]1O. The van der Waals surface area contributed by atoms with Gasteiger partial charge in [-0.25, -0.2) is 0 Å². The van der Waals surface area contributed by atoms with E-state index < -0.39 is 11.5 Å². The van der Waals surface area contributed by atoms with Gasteiger partial charge in [0.1, 0.15) is 0 Å². The van der Waals surface area contributed by atoms with Crippen molar-refractivity contribution in [3.05, 3.63) is 45.7 Å². The number of carbonyl (C=O) groups excluding carboxylic acids is 1. The molecule has 3 rings (SSSR count). The summed E-state index contributed by atoms with van der Waals surface area (Å²) in [5.74, 6) is -0.229. The molecule has 2 aromatic rings. The fourth-order valence-electron chi connectivity index (χ4n) is 4.02. The summed E-state index contributed by atoms with van der Waals surface area (Å²) in [6, 6.07) is 6.93. The maximum absolute atomic E-state index is 13.2. The number of hydrogen-bond donors (Lipinski definition) is 3. The highest BCUT2D eigenvalue weighted by Crippen LogP contribution is 2.35. The first-order valence-electron chi connectivity index (χ1n) is 9.12. The summed E-state index contributed by atoms with van der Waals surface area (Å²) in [7, 11) is 0. The number of nitrogens with one attached hydrogen (secondary N) is 1.